The molecule has 1 aliphatic rings. The van der Waals surface area contributed by atoms with Crippen LogP contribution in [0.5, 0.6) is 5.75 Å². The van der Waals surface area contributed by atoms with E-state index in [9.17, 15) is 4.79 Å². The minimum absolute atomic E-state index is 0.0577. The highest BCUT2D eigenvalue weighted by atomic mass is 16.5. The van der Waals surface area contributed by atoms with Gasteiger partial charge in [-0.25, -0.2) is 0 Å². The summed E-state index contributed by atoms with van der Waals surface area (Å²) in [5, 5.41) is 9.55. The molecule has 0 aliphatic carbocycles. The number of guanidine groups is 1. The maximum Gasteiger partial charge on any atom is 0.221 e. The summed E-state index contributed by atoms with van der Waals surface area (Å²) < 4.78 is 6.06. The van der Waals surface area contributed by atoms with E-state index in [0.717, 1.165) is 30.7 Å². The highest BCUT2D eigenvalue weighted by molar-refractivity contribution is 5.81. The Hall–Kier alpha value is -2.24. The van der Waals surface area contributed by atoms with Crippen LogP contribution in [0.15, 0.2) is 29.3 Å². The third kappa shape index (κ3) is 5.66. The van der Waals surface area contributed by atoms with Crippen molar-refractivity contribution in [3.05, 3.63) is 29.8 Å². The molecule has 1 unspecified atom stereocenters. The topological polar surface area (TPSA) is 74.8 Å². The molecular weight excluding hydrogens is 316 g/mol. The van der Waals surface area contributed by atoms with Gasteiger partial charge in [0.05, 0.1) is 6.04 Å². The molecule has 3 N–H and O–H groups in total. The molecule has 0 saturated carbocycles. The molecule has 2 rings (SSSR count). The number of aliphatic imine (C=N–C) groups is 1. The first-order chi connectivity index (χ1) is 11.9. The fourth-order valence-electron chi connectivity index (χ4n) is 2.94. The van der Waals surface area contributed by atoms with Crippen molar-refractivity contribution < 1.29 is 9.53 Å². The van der Waals surface area contributed by atoms with Crippen LogP contribution in [0.25, 0.3) is 0 Å². The lowest BCUT2D eigenvalue weighted by Gasteiger charge is -2.38. The Bertz CT molecular complexity index is 613. The quantitative estimate of drug-likeness (QED) is 0.546. The van der Waals surface area contributed by atoms with Gasteiger partial charge in [-0.1, -0.05) is 25.1 Å². The monoisotopic (exact) mass is 346 g/mol. The highest BCUT2D eigenvalue weighted by Crippen LogP contribution is 2.39. The number of hydrogen-bond donors (Lipinski definition) is 3. The summed E-state index contributed by atoms with van der Waals surface area (Å²) in [5.74, 6) is 1.66. The first-order valence-corrected chi connectivity index (χ1v) is 8.97. The average molecular weight is 346 g/mol. The van der Waals surface area contributed by atoms with Gasteiger partial charge in [0.2, 0.25) is 5.91 Å². The van der Waals surface area contributed by atoms with Gasteiger partial charge >= 0.3 is 0 Å². The Labute approximate surface area is 150 Å². The lowest BCUT2D eigenvalue weighted by molar-refractivity contribution is -0.120. The number of nitrogens with zero attached hydrogens (tertiary/aromatic N) is 1. The number of ether oxygens (including phenoxy) is 1. The highest BCUT2D eigenvalue weighted by Gasteiger charge is 2.33. The molecule has 0 radical (unpaired) electrons. The molecule has 1 heterocycles. The zero-order valence-electron chi connectivity index (χ0n) is 15.7. The number of para-hydroxylation sites is 1. The Balaban J connectivity index is 1.94. The van der Waals surface area contributed by atoms with E-state index in [4.69, 9.17) is 4.74 Å². The van der Waals surface area contributed by atoms with E-state index in [-0.39, 0.29) is 17.6 Å². The van der Waals surface area contributed by atoms with Gasteiger partial charge in [0.25, 0.3) is 0 Å². The van der Waals surface area contributed by atoms with E-state index in [1.165, 1.54) is 0 Å². The van der Waals surface area contributed by atoms with Crippen LogP contribution in [0, 0.1) is 0 Å². The largest absolute Gasteiger partial charge is 0.487 e. The molecule has 0 fully saturated rings. The summed E-state index contributed by atoms with van der Waals surface area (Å²) in [6.45, 7) is 7.48. The molecule has 0 bridgehead atoms. The van der Waals surface area contributed by atoms with Crippen LogP contribution in [0.4, 0.5) is 0 Å². The Morgan fingerprint density at radius 1 is 1.28 bits per heavy atom. The molecule has 6 heteroatoms. The van der Waals surface area contributed by atoms with Gasteiger partial charge in [-0.3, -0.25) is 9.79 Å². The summed E-state index contributed by atoms with van der Waals surface area (Å²) in [7, 11) is 1.74. The lowest BCUT2D eigenvalue weighted by atomic mass is 9.90. The lowest BCUT2D eigenvalue weighted by Crippen LogP contribution is -2.45. The number of fused-ring (bicyclic) bond motifs is 1. The Kier molecular flexibility index (Phi) is 6.67. The van der Waals surface area contributed by atoms with Crippen molar-refractivity contribution in [2.75, 3.05) is 20.1 Å². The third-order valence-electron chi connectivity index (χ3n) is 4.13. The zero-order chi connectivity index (χ0) is 18.3. The van der Waals surface area contributed by atoms with Gasteiger partial charge in [0.15, 0.2) is 5.96 Å². The van der Waals surface area contributed by atoms with Crippen molar-refractivity contribution in [1.82, 2.24) is 16.0 Å². The SMILES string of the molecule is CCCNC(=O)CCNC(=NC)NC1CC(C)(C)Oc2ccccc21. The molecule has 1 aromatic carbocycles. The van der Waals surface area contributed by atoms with Gasteiger partial charge in [-0.2, -0.15) is 0 Å². The van der Waals surface area contributed by atoms with Crippen molar-refractivity contribution in [2.45, 2.75) is 51.7 Å². The normalized spacial score (nSPS) is 18.7. The molecule has 1 amide bonds. The predicted molar refractivity (Wildman–Crippen MR) is 101 cm³/mol. The molecule has 0 aromatic heterocycles. The van der Waals surface area contributed by atoms with Crippen molar-refractivity contribution >= 4 is 11.9 Å². The van der Waals surface area contributed by atoms with Gasteiger partial charge in [-0.05, 0) is 26.3 Å². The van der Waals surface area contributed by atoms with Crippen molar-refractivity contribution in [3.63, 3.8) is 0 Å². The molecule has 1 atom stereocenters. The summed E-state index contributed by atoms with van der Waals surface area (Å²) >= 11 is 0. The zero-order valence-corrected chi connectivity index (χ0v) is 15.7. The second kappa shape index (κ2) is 8.74. The second-order valence-electron chi connectivity index (χ2n) is 6.90. The summed E-state index contributed by atoms with van der Waals surface area (Å²) in [4.78, 5) is 16.0. The van der Waals surface area contributed by atoms with Crippen LogP contribution in [0.2, 0.25) is 0 Å². The van der Waals surface area contributed by atoms with E-state index in [0.29, 0.717) is 18.9 Å². The maximum absolute atomic E-state index is 11.7. The number of rotatable bonds is 6. The maximum atomic E-state index is 11.7. The van der Waals surface area contributed by atoms with Gasteiger partial charge < -0.3 is 20.7 Å². The minimum Gasteiger partial charge on any atom is -0.487 e. The number of benzene rings is 1. The van der Waals surface area contributed by atoms with E-state index in [1.807, 2.05) is 25.1 Å². The summed E-state index contributed by atoms with van der Waals surface area (Å²) in [6, 6.07) is 8.19. The fourth-order valence-corrected chi connectivity index (χ4v) is 2.94. The molecule has 1 aliphatic heterocycles. The standard InChI is InChI=1S/C19H30N4O2/c1-5-11-21-17(24)10-12-22-18(20-4)23-15-13-19(2,3)25-16-9-7-6-8-14(15)16/h6-9,15H,5,10-13H2,1-4H3,(H,21,24)(H2,20,22,23). The van der Waals surface area contributed by atoms with E-state index in [2.05, 4.69) is 40.9 Å². The van der Waals surface area contributed by atoms with E-state index in [1.54, 1.807) is 7.05 Å². The van der Waals surface area contributed by atoms with Crippen molar-refractivity contribution in [3.8, 4) is 5.75 Å². The molecule has 6 nitrogen and oxygen atoms in total. The smallest absolute Gasteiger partial charge is 0.221 e. The number of carbonyl (C=O) groups excluding carboxylic acids is 1. The summed E-state index contributed by atoms with van der Waals surface area (Å²) in [5.41, 5.74) is 0.885. The Morgan fingerprint density at radius 3 is 2.76 bits per heavy atom. The molecule has 1 aromatic rings. The first kappa shape index (κ1) is 19.1. The number of nitrogens with one attached hydrogen (secondary N) is 3. The van der Waals surface area contributed by atoms with Crippen LogP contribution >= 0.6 is 0 Å². The average Bonchev–Trinajstić information content (AvgIpc) is 2.58. The molecule has 138 valence electrons. The number of amides is 1. The third-order valence-corrected chi connectivity index (χ3v) is 4.13. The van der Waals surface area contributed by atoms with E-state index >= 15 is 0 Å². The van der Waals surface area contributed by atoms with Gasteiger partial charge in [0, 0.05) is 38.5 Å². The van der Waals surface area contributed by atoms with Crippen LogP contribution in [0.1, 0.15) is 51.6 Å². The second-order valence-corrected chi connectivity index (χ2v) is 6.90. The van der Waals surface area contributed by atoms with Gasteiger partial charge in [0.1, 0.15) is 11.4 Å². The van der Waals surface area contributed by atoms with Crippen LogP contribution in [0.3, 0.4) is 0 Å². The molecular formula is C19H30N4O2. The van der Waals surface area contributed by atoms with Crippen LogP contribution < -0.4 is 20.7 Å². The first-order valence-electron chi connectivity index (χ1n) is 8.97. The number of carbonyl (C=O) groups is 1. The summed E-state index contributed by atoms with van der Waals surface area (Å²) in [6.07, 6.45) is 2.21. The minimum atomic E-state index is -0.245. The van der Waals surface area contributed by atoms with Crippen LogP contribution in [-0.4, -0.2) is 37.6 Å². The van der Waals surface area contributed by atoms with E-state index < -0.39 is 0 Å². The van der Waals surface area contributed by atoms with Crippen molar-refractivity contribution in [1.29, 1.82) is 0 Å². The number of hydrogen-bond acceptors (Lipinski definition) is 3. The van der Waals surface area contributed by atoms with Gasteiger partial charge in [-0.15, -0.1) is 0 Å². The predicted octanol–water partition coefficient (Wildman–Crippen LogP) is 2.37. The molecule has 0 spiro atoms. The van der Waals surface area contributed by atoms with Crippen molar-refractivity contribution in [2.24, 2.45) is 4.99 Å². The molecule has 25 heavy (non-hydrogen) atoms. The molecule has 0 saturated heterocycles. The van der Waals surface area contributed by atoms with Crippen LogP contribution in [-0.2, 0) is 4.79 Å². The Morgan fingerprint density at radius 2 is 2.04 bits per heavy atom. The fraction of sp³-hybridized carbons (Fsp3) is 0.579.